The Hall–Kier alpha value is -1.21. The van der Waals surface area contributed by atoms with Crippen LogP contribution in [0.2, 0.25) is 0 Å². The highest BCUT2D eigenvalue weighted by molar-refractivity contribution is 5.74. The molecule has 0 aromatic carbocycles. The van der Waals surface area contributed by atoms with Crippen molar-refractivity contribution in [3.63, 3.8) is 0 Å². The summed E-state index contributed by atoms with van der Waals surface area (Å²) in [7, 11) is 0. The standard InChI is InChI=1S/C7H12N2O2/c1-3-4-8-7(11)9-5-6(2)10/h1,6,10H,4-5H2,2H3,(H2,8,9,11)/t6-/m1/s1. The third kappa shape index (κ3) is 6.68. The van der Waals surface area contributed by atoms with Crippen molar-refractivity contribution in [2.24, 2.45) is 0 Å². The largest absolute Gasteiger partial charge is 0.392 e. The first-order chi connectivity index (χ1) is 5.16. The van der Waals surface area contributed by atoms with Gasteiger partial charge in [0.25, 0.3) is 0 Å². The Morgan fingerprint density at radius 3 is 2.82 bits per heavy atom. The molecule has 0 spiro atoms. The predicted molar refractivity (Wildman–Crippen MR) is 41.9 cm³/mol. The zero-order chi connectivity index (χ0) is 8.69. The smallest absolute Gasteiger partial charge is 0.315 e. The Kier molecular flexibility index (Phi) is 4.95. The fourth-order valence-corrected chi connectivity index (χ4v) is 0.434. The number of rotatable bonds is 3. The molecule has 0 aromatic rings. The fourth-order valence-electron chi connectivity index (χ4n) is 0.434. The average Bonchev–Trinajstić information content (AvgIpc) is 1.97. The quantitative estimate of drug-likeness (QED) is 0.473. The number of nitrogens with one attached hydrogen (secondary N) is 2. The molecule has 0 aliphatic carbocycles. The topological polar surface area (TPSA) is 61.4 Å². The number of carbonyl (C=O) groups excluding carboxylic acids is 1. The van der Waals surface area contributed by atoms with E-state index < -0.39 is 6.10 Å². The number of urea groups is 1. The second-order valence-electron chi connectivity index (χ2n) is 2.12. The molecule has 0 aromatic heterocycles. The van der Waals surface area contributed by atoms with Crippen LogP contribution in [0.1, 0.15) is 6.92 Å². The molecule has 0 saturated carbocycles. The van der Waals surface area contributed by atoms with Crippen LogP contribution >= 0.6 is 0 Å². The van der Waals surface area contributed by atoms with Crippen LogP contribution in [0.15, 0.2) is 0 Å². The first kappa shape index (κ1) is 9.79. The molecule has 0 rings (SSSR count). The summed E-state index contributed by atoms with van der Waals surface area (Å²) < 4.78 is 0. The lowest BCUT2D eigenvalue weighted by Gasteiger charge is -2.06. The van der Waals surface area contributed by atoms with Gasteiger partial charge in [0.1, 0.15) is 0 Å². The van der Waals surface area contributed by atoms with Gasteiger partial charge in [-0.1, -0.05) is 5.92 Å². The Balaban J connectivity index is 3.32. The molecule has 0 fully saturated rings. The van der Waals surface area contributed by atoms with Gasteiger partial charge in [-0.05, 0) is 6.92 Å². The van der Waals surface area contributed by atoms with Gasteiger partial charge in [-0.3, -0.25) is 0 Å². The van der Waals surface area contributed by atoms with Gasteiger partial charge in [0.05, 0.1) is 12.6 Å². The first-order valence-electron chi connectivity index (χ1n) is 3.30. The Morgan fingerprint density at radius 2 is 2.36 bits per heavy atom. The summed E-state index contributed by atoms with van der Waals surface area (Å²) in [5.41, 5.74) is 0. The number of hydrogen-bond donors (Lipinski definition) is 3. The highest BCUT2D eigenvalue weighted by Crippen LogP contribution is 1.73. The van der Waals surface area contributed by atoms with Gasteiger partial charge < -0.3 is 15.7 Å². The molecule has 4 heteroatoms. The third-order valence-electron chi connectivity index (χ3n) is 0.909. The zero-order valence-electron chi connectivity index (χ0n) is 6.42. The highest BCUT2D eigenvalue weighted by atomic mass is 16.3. The minimum Gasteiger partial charge on any atom is -0.392 e. The second kappa shape index (κ2) is 5.57. The molecule has 0 heterocycles. The van der Waals surface area contributed by atoms with Gasteiger partial charge >= 0.3 is 6.03 Å². The Morgan fingerprint density at radius 1 is 1.73 bits per heavy atom. The van der Waals surface area contributed by atoms with Crippen molar-refractivity contribution in [2.75, 3.05) is 13.1 Å². The Labute approximate surface area is 66.0 Å². The summed E-state index contributed by atoms with van der Waals surface area (Å²) in [6, 6.07) is -0.358. The molecule has 0 bridgehead atoms. The van der Waals surface area contributed by atoms with Gasteiger partial charge in [-0.2, -0.15) is 0 Å². The molecule has 0 radical (unpaired) electrons. The third-order valence-corrected chi connectivity index (χ3v) is 0.909. The van der Waals surface area contributed by atoms with E-state index in [1.807, 2.05) is 0 Å². The number of terminal acetylenes is 1. The van der Waals surface area contributed by atoms with Crippen molar-refractivity contribution in [2.45, 2.75) is 13.0 Å². The van der Waals surface area contributed by atoms with Crippen molar-refractivity contribution < 1.29 is 9.90 Å². The van der Waals surface area contributed by atoms with E-state index >= 15 is 0 Å². The molecular weight excluding hydrogens is 144 g/mol. The van der Waals surface area contributed by atoms with E-state index in [1.54, 1.807) is 6.92 Å². The molecule has 2 amide bonds. The van der Waals surface area contributed by atoms with E-state index in [-0.39, 0.29) is 19.1 Å². The molecule has 0 aliphatic heterocycles. The summed E-state index contributed by atoms with van der Waals surface area (Å²) in [4.78, 5) is 10.7. The lowest BCUT2D eigenvalue weighted by Crippen LogP contribution is -2.39. The van der Waals surface area contributed by atoms with Crippen LogP contribution in [0.5, 0.6) is 0 Å². The number of carbonyl (C=O) groups is 1. The SMILES string of the molecule is C#CCNC(=O)NC[C@@H](C)O. The minimum atomic E-state index is -0.536. The molecule has 0 unspecified atom stereocenters. The van der Waals surface area contributed by atoms with E-state index in [1.165, 1.54) is 0 Å². The fraction of sp³-hybridized carbons (Fsp3) is 0.571. The molecule has 11 heavy (non-hydrogen) atoms. The molecule has 1 atom stereocenters. The molecule has 4 nitrogen and oxygen atoms in total. The maximum Gasteiger partial charge on any atom is 0.315 e. The van der Waals surface area contributed by atoms with Crippen LogP contribution in [-0.4, -0.2) is 30.3 Å². The Bertz CT molecular complexity index is 160. The van der Waals surface area contributed by atoms with Crippen LogP contribution < -0.4 is 10.6 Å². The van der Waals surface area contributed by atoms with Gasteiger partial charge in [0.2, 0.25) is 0 Å². The van der Waals surface area contributed by atoms with Gasteiger partial charge in [0.15, 0.2) is 0 Å². The van der Waals surface area contributed by atoms with Crippen molar-refractivity contribution in [3.05, 3.63) is 0 Å². The van der Waals surface area contributed by atoms with Gasteiger partial charge in [-0.15, -0.1) is 6.42 Å². The van der Waals surface area contributed by atoms with Crippen LogP contribution in [0.25, 0.3) is 0 Å². The van der Waals surface area contributed by atoms with Crippen LogP contribution in [0, 0.1) is 12.3 Å². The van der Waals surface area contributed by atoms with E-state index in [0.29, 0.717) is 0 Å². The summed E-state index contributed by atoms with van der Waals surface area (Å²) in [6.45, 7) is 2.02. The van der Waals surface area contributed by atoms with Crippen molar-refractivity contribution in [1.82, 2.24) is 10.6 Å². The van der Waals surface area contributed by atoms with Crippen molar-refractivity contribution >= 4 is 6.03 Å². The van der Waals surface area contributed by atoms with Crippen molar-refractivity contribution in [1.29, 1.82) is 0 Å². The zero-order valence-corrected chi connectivity index (χ0v) is 6.42. The molecule has 3 N–H and O–H groups in total. The van der Waals surface area contributed by atoms with Crippen LogP contribution in [0.3, 0.4) is 0 Å². The second-order valence-corrected chi connectivity index (χ2v) is 2.12. The number of hydrogen-bond acceptors (Lipinski definition) is 2. The lowest BCUT2D eigenvalue weighted by atomic mass is 10.4. The van der Waals surface area contributed by atoms with Gasteiger partial charge in [-0.25, -0.2) is 4.79 Å². The maximum atomic E-state index is 10.7. The average molecular weight is 156 g/mol. The molecule has 62 valence electrons. The summed E-state index contributed by atoms with van der Waals surface area (Å²) >= 11 is 0. The summed E-state index contributed by atoms with van der Waals surface area (Å²) in [6.07, 6.45) is 4.36. The molecule has 0 saturated heterocycles. The first-order valence-corrected chi connectivity index (χ1v) is 3.30. The minimum absolute atomic E-state index is 0.200. The predicted octanol–water partition coefficient (Wildman–Crippen LogP) is -0.700. The van der Waals surface area contributed by atoms with Gasteiger partial charge in [0, 0.05) is 6.54 Å². The number of amides is 2. The van der Waals surface area contributed by atoms with E-state index in [0.717, 1.165) is 0 Å². The normalized spacial score (nSPS) is 11.4. The number of aliphatic hydroxyl groups excluding tert-OH is 1. The summed E-state index contributed by atoms with van der Waals surface area (Å²) in [5.74, 6) is 2.25. The van der Waals surface area contributed by atoms with Crippen molar-refractivity contribution in [3.8, 4) is 12.3 Å². The van der Waals surface area contributed by atoms with Crippen LogP contribution in [-0.2, 0) is 0 Å². The van der Waals surface area contributed by atoms with E-state index in [2.05, 4.69) is 16.6 Å². The molecular formula is C7H12N2O2. The highest BCUT2D eigenvalue weighted by Gasteiger charge is 1.99. The van der Waals surface area contributed by atoms with E-state index in [9.17, 15) is 4.79 Å². The number of aliphatic hydroxyl groups is 1. The lowest BCUT2D eigenvalue weighted by molar-refractivity contribution is 0.188. The molecule has 0 aliphatic rings. The van der Waals surface area contributed by atoms with Crippen LogP contribution in [0.4, 0.5) is 4.79 Å². The van der Waals surface area contributed by atoms with E-state index in [4.69, 9.17) is 11.5 Å². The monoisotopic (exact) mass is 156 g/mol. The maximum absolute atomic E-state index is 10.7. The summed E-state index contributed by atoms with van der Waals surface area (Å²) in [5, 5.41) is 13.6.